The van der Waals surface area contributed by atoms with Gasteiger partial charge in [-0.1, -0.05) is 149 Å². The summed E-state index contributed by atoms with van der Waals surface area (Å²) in [4.78, 5) is 2.07. The third-order valence-electron chi connectivity index (χ3n) is 7.44. The Morgan fingerprint density at radius 2 is 0.853 bits per heavy atom. The molecule has 1 unspecified atom stereocenters. The number of unbranched alkanes of at least 4 members (excludes halogenated alkanes) is 21. The highest BCUT2D eigenvalue weighted by Crippen LogP contribution is 2.15. The van der Waals surface area contributed by atoms with Gasteiger partial charge in [0.25, 0.3) is 0 Å². The second-order valence-electron chi connectivity index (χ2n) is 11.1. The van der Waals surface area contributed by atoms with Crippen molar-refractivity contribution < 1.29 is 9.84 Å². The molecule has 206 valence electrons. The van der Waals surface area contributed by atoms with E-state index in [0.29, 0.717) is 6.61 Å². The van der Waals surface area contributed by atoms with Crippen molar-refractivity contribution in [3.8, 4) is 0 Å². The van der Waals surface area contributed by atoms with Crippen LogP contribution in [-0.4, -0.2) is 42.5 Å². The summed E-state index contributed by atoms with van der Waals surface area (Å²) in [5.41, 5.74) is -0.852. The molecule has 1 N–H and O–H groups in total. The van der Waals surface area contributed by atoms with E-state index in [1.165, 1.54) is 141 Å². The van der Waals surface area contributed by atoms with E-state index < -0.39 is 5.72 Å². The lowest BCUT2D eigenvalue weighted by molar-refractivity contribution is -0.130. The molecule has 0 amide bonds. The van der Waals surface area contributed by atoms with E-state index in [4.69, 9.17) is 4.74 Å². The van der Waals surface area contributed by atoms with E-state index in [1.54, 1.807) is 0 Å². The Balaban J connectivity index is 3.44. The van der Waals surface area contributed by atoms with Crippen LogP contribution >= 0.6 is 0 Å². The molecule has 0 aromatic heterocycles. The zero-order valence-corrected chi connectivity index (χ0v) is 24.2. The maximum Gasteiger partial charge on any atom is 0.138 e. The van der Waals surface area contributed by atoms with E-state index in [1.807, 2.05) is 14.0 Å². The van der Waals surface area contributed by atoms with Crippen LogP contribution in [0.2, 0.25) is 0 Å². The summed E-state index contributed by atoms with van der Waals surface area (Å²) < 4.78 is 5.83. The van der Waals surface area contributed by atoms with Crippen LogP contribution in [-0.2, 0) is 4.74 Å². The lowest BCUT2D eigenvalue weighted by atomic mass is 10.1. The molecule has 1 atom stereocenters. The molecule has 0 saturated carbocycles. The highest BCUT2D eigenvalue weighted by molar-refractivity contribution is 4.71. The van der Waals surface area contributed by atoms with Gasteiger partial charge in [0.2, 0.25) is 0 Å². The average molecular weight is 484 g/mol. The molecule has 0 aromatic carbocycles. The maximum atomic E-state index is 10.7. The van der Waals surface area contributed by atoms with Gasteiger partial charge in [-0.3, -0.25) is 4.90 Å². The van der Waals surface area contributed by atoms with Gasteiger partial charge >= 0.3 is 0 Å². The maximum absolute atomic E-state index is 10.7. The van der Waals surface area contributed by atoms with Crippen LogP contribution in [0.1, 0.15) is 168 Å². The Bertz CT molecular complexity index is 386. The predicted octanol–water partition coefficient (Wildman–Crippen LogP) is 9.66. The fourth-order valence-corrected chi connectivity index (χ4v) is 4.67. The largest absolute Gasteiger partial charge is 0.377 e. The Labute approximate surface area is 215 Å². The lowest BCUT2D eigenvalue weighted by Crippen LogP contribution is -2.48. The average Bonchev–Trinajstić information content (AvgIpc) is 2.82. The lowest BCUT2D eigenvalue weighted by Gasteiger charge is -2.33. The van der Waals surface area contributed by atoms with E-state index >= 15 is 0 Å². The summed E-state index contributed by atoms with van der Waals surface area (Å²) in [6.07, 6.45) is 31.3. The number of hydrogen-bond donors (Lipinski definition) is 1. The minimum absolute atomic E-state index is 0.416. The van der Waals surface area contributed by atoms with Crippen molar-refractivity contribution in [2.75, 3.05) is 26.8 Å². The van der Waals surface area contributed by atoms with Crippen molar-refractivity contribution in [2.24, 2.45) is 0 Å². The molecule has 3 heteroatoms. The highest BCUT2D eigenvalue weighted by atomic mass is 16.5. The highest BCUT2D eigenvalue weighted by Gasteiger charge is 2.25. The molecule has 0 rings (SSSR count). The second kappa shape index (κ2) is 26.0. The first-order valence-electron chi connectivity index (χ1n) is 15.6. The smallest absolute Gasteiger partial charge is 0.138 e. The summed E-state index contributed by atoms with van der Waals surface area (Å²) in [6, 6.07) is 0. The van der Waals surface area contributed by atoms with Crippen molar-refractivity contribution >= 4 is 0 Å². The fourth-order valence-electron chi connectivity index (χ4n) is 4.67. The van der Waals surface area contributed by atoms with Gasteiger partial charge in [0.1, 0.15) is 5.72 Å². The molecule has 0 aromatic rings. The predicted molar refractivity (Wildman–Crippen MR) is 152 cm³/mol. The molecule has 34 heavy (non-hydrogen) atoms. The molecular weight excluding hydrogens is 418 g/mol. The number of likely N-dealkylation sites (N-methyl/N-ethyl adjacent to an activating group) is 1. The molecule has 0 radical (unpaired) electrons. The molecular formula is C31H65NO2. The SMILES string of the molecule is CCCCCCCCCCCCCCOCC(C)(O)N(C)CCCCCCCCCCCCC. The van der Waals surface area contributed by atoms with Crippen molar-refractivity contribution in [1.82, 2.24) is 4.90 Å². The summed E-state index contributed by atoms with van der Waals surface area (Å²) in [5, 5.41) is 10.7. The van der Waals surface area contributed by atoms with Gasteiger partial charge < -0.3 is 9.84 Å². The van der Waals surface area contributed by atoms with Gasteiger partial charge in [-0.25, -0.2) is 0 Å². The van der Waals surface area contributed by atoms with E-state index in [0.717, 1.165) is 19.6 Å². The van der Waals surface area contributed by atoms with Gasteiger partial charge in [-0.2, -0.15) is 0 Å². The van der Waals surface area contributed by atoms with Crippen LogP contribution in [0.15, 0.2) is 0 Å². The van der Waals surface area contributed by atoms with Crippen molar-refractivity contribution in [2.45, 2.75) is 174 Å². The molecule has 0 heterocycles. The van der Waals surface area contributed by atoms with Gasteiger partial charge in [-0.05, 0) is 26.8 Å². The van der Waals surface area contributed by atoms with Crippen molar-refractivity contribution in [1.29, 1.82) is 0 Å². The van der Waals surface area contributed by atoms with Gasteiger partial charge in [-0.15, -0.1) is 0 Å². The zero-order chi connectivity index (χ0) is 25.2. The molecule has 0 spiro atoms. The molecule has 3 nitrogen and oxygen atoms in total. The first-order valence-corrected chi connectivity index (χ1v) is 15.6. The fraction of sp³-hybridized carbons (Fsp3) is 1.00. The Morgan fingerprint density at radius 3 is 1.24 bits per heavy atom. The minimum atomic E-state index is -0.852. The Kier molecular flexibility index (Phi) is 25.9. The Morgan fingerprint density at radius 1 is 0.529 bits per heavy atom. The number of aliphatic hydroxyl groups is 1. The topological polar surface area (TPSA) is 32.7 Å². The molecule has 0 aliphatic heterocycles. The van der Waals surface area contributed by atoms with Crippen LogP contribution in [0, 0.1) is 0 Å². The van der Waals surface area contributed by atoms with E-state index in [-0.39, 0.29) is 0 Å². The third-order valence-corrected chi connectivity index (χ3v) is 7.44. The number of hydrogen-bond acceptors (Lipinski definition) is 3. The van der Waals surface area contributed by atoms with Crippen molar-refractivity contribution in [3.63, 3.8) is 0 Å². The Hall–Kier alpha value is -0.120. The number of nitrogens with zero attached hydrogens (tertiary/aromatic N) is 1. The standard InChI is InChI=1S/C31H65NO2/c1-5-7-9-11-13-15-17-19-21-23-25-27-29-34-30-31(3,33)32(4)28-26-24-22-20-18-16-14-12-10-8-6-2/h33H,5-30H2,1-4H3. The van der Waals surface area contributed by atoms with Gasteiger partial charge in [0, 0.05) is 13.2 Å². The second-order valence-corrected chi connectivity index (χ2v) is 11.1. The molecule has 0 fully saturated rings. The van der Waals surface area contributed by atoms with E-state index in [2.05, 4.69) is 18.7 Å². The van der Waals surface area contributed by atoms with Gasteiger partial charge in [0.15, 0.2) is 0 Å². The first kappa shape index (κ1) is 33.9. The first-order chi connectivity index (χ1) is 16.5. The van der Waals surface area contributed by atoms with Gasteiger partial charge in [0.05, 0.1) is 6.61 Å². The monoisotopic (exact) mass is 484 g/mol. The summed E-state index contributed by atoms with van der Waals surface area (Å²) >= 11 is 0. The third kappa shape index (κ3) is 23.6. The zero-order valence-electron chi connectivity index (χ0n) is 24.2. The number of ether oxygens (including phenoxy) is 1. The summed E-state index contributed by atoms with van der Waals surface area (Å²) in [6.45, 7) is 8.61. The van der Waals surface area contributed by atoms with Crippen LogP contribution in [0.25, 0.3) is 0 Å². The van der Waals surface area contributed by atoms with Crippen LogP contribution in [0.4, 0.5) is 0 Å². The van der Waals surface area contributed by atoms with Crippen molar-refractivity contribution in [3.05, 3.63) is 0 Å². The van der Waals surface area contributed by atoms with E-state index in [9.17, 15) is 5.11 Å². The summed E-state index contributed by atoms with van der Waals surface area (Å²) in [7, 11) is 2.03. The molecule has 0 aliphatic rings. The molecule has 0 bridgehead atoms. The quantitative estimate of drug-likeness (QED) is 0.0887. The van der Waals surface area contributed by atoms with Crippen LogP contribution in [0.5, 0.6) is 0 Å². The van der Waals surface area contributed by atoms with Crippen LogP contribution < -0.4 is 0 Å². The summed E-state index contributed by atoms with van der Waals surface area (Å²) in [5.74, 6) is 0. The van der Waals surface area contributed by atoms with Crippen LogP contribution in [0.3, 0.4) is 0 Å². The number of rotatable bonds is 28. The molecule has 0 aliphatic carbocycles. The minimum Gasteiger partial charge on any atom is -0.377 e. The normalized spacial score (nSPS) is 13.6. The molecule has 0 saturated heterocycles.